The molecule has 0 aromatic carbocycles. The minimum atomic E-state index is -0.594. The van der Waals surface area contributed by atoms with Crippen molar-refractivity contribution in [3.8, 4) is 5.75 Å². The van der Waals surface area contributed by atoms with Crippen LogP contribution in [0.3, 0.4) is 0 Å². The highest BCUT2D eigenvalue weighted by molar-refractivity contribution is 5.86. The number of carbonyl (C=O) groups excluding carboxylic acids is 1. The maximum atomic E-state index is 11.9. The number of carbonyl (C=O) groups is 1. The minimum absolute atomic E-state index is 0.0129. The van der Waals surface area contributed by atoms with Crippen LogP contribution in [0.1, 0.15) is 44.4 Å². The Morgan fingerprint density at radius 2 is 2.06 bits per heavy atom. The lowest BCUT2D eigenvalue weighted by Gasteiger charge is -2.14. The molecule has 0 saturated heterocycles. The molecular weight excluding hydrogens is 220 g/mol. The molecule has 0 radical (unpaired) electrons. The maximum absolute atomic E-state index is 11.9. The van der Waals surface area contributed by atoms with Crippen LogP contribution in [0.15, 0.2) is 15.3 Å². The standard InChI is InChI=1S/C13H18O4/c1-5-7(2)12(15)9(4)11-6-10(14)8(3)13(16)17-11/h6-7,9,14H,5H2,1-4H3/t7-,9-/m0/s1. The molecule has 0 amide bonds. The summed E-state index contributed by atoms with van der Waals surface area (Å²) in [7, 11) is 0. The van der Waals surface area contributed by atoms with Crippen molar-refractivity contribution in [1.29, 1.82) is 0 Å². The molecule has 0 saturated carbocycles. The van der Waals surface area contributed by atoms with Crippen LogP contribution < -0.4 is 5.63 Å². The summed E-state index contributed by atoms with van der Waals surface area (Å²) in [6, 6.07) is 1.35. The predicted molar refractivity (Wildman–Crippen MR) is 64.3 cm³/mol. The molecule has 1 heterocycles. The summed E-state index contributed by atoms with van der Waals surface area (Å²) in [5, 5.41) is 9.54. The minimum Gasteiger partial charge on any atom is -0.507 e. The van der Waals surface area contributed by atoms with Crippen molar-refractivity contribution < 1.29 is 14.3 Å². The number of hydrogen-bond donors (Lipinski definition) is 1. The highest BCUT2D eigenvalue weighted by Crippen LogP contribution is 2.24. The van der Waals surface area contributed by atoms with E-state index in [-0.39, 0.29) is 28.8 Å². The normalized spacial score (nSPS) is 14.4. The third kappa shape index (κ3) is 2.75. The Morgan fingerprint density at radius 3 is 2.53 bits per heavy atom. The lowest BCUT2D eigenvalue weighted by atomic mass is 9.91. The average molecular weight is 238 g/mol. The second kappa shape index (κ2) is 5.17. The van der Waals surface area contributed by atoms with Gasteiger partial charge in [0.2, 0.25) is 0 Å². The molecule has 1 aromatic rings. The molecule has 4 heteroatoms. The molecular formula is C13H18O4. The lowest BCUT2D eigenvalue weighted by Crippen LogP contribution is -2.19. The van der Waals surface area contributed by atoms with Crippen molar-refractivity contribution in [2.24, 2.45) is 5.92 Å². The van der Waals surface area contributed by atoms with E-state index in [1.807, 2.05) is 13.8 Å². The third-order valence-corrected chi connectivity index (χ3v) is 3.13. The van der Waals surface area contributed by atoms with Crippen molar-refractivity contribution in [3.05, 3.63) is 27.8 Å². The van der Waals surface area contributed by atoms with Gasteiger partial charge in [-0.3, -0.25) is 4.79 Å². The number of ketones is 1. The van der Waals surface area contributed by atoms with Gasteiger partial charge in [0, 0.05) is 12.0 Å². The first-order chi connectivity index (χ1) is 7.88. The average Bonchev–Trinajstić information content (AvgIpc) is 2.32. The van der Waals surface area contributed by atoms with Crippen LogP contribution in [-0.2, 0) is 4.79 Å². The van der Waals surface area contributed by atoms with Crippen molar-refractivity contribution in [1.82, 2.24) is 0 Å². The first-order valence-electron chi connectivity index (χ1n) is 5.75. The Kier molecular flexibility index (Phi) is 4.10. The topological polar surface area (TPSA) is 67.5 Å². The van der Waals surface area contributed by atoms with Crippen LogP contribution in [0.4, 0.5) is 0 Å². The van der Waals surface area contributed by atoms with E-state index in [2.05, 4.69) is 0 Å². The monoisotopic (exact) mass is 238 g/mol. The molecule has 17 heavy (non-hydrogen) atoms. The van der Waals surface area contributed by atoms with Crippen LogP contribution in [0, 0.1) is 12.8 Å². The van der Waals surface area contributed by atoms with Gasteiger partial charge in [0.05, 0.1) is 11.5 Å². The summed E-state index contributed by atoms with van der Waals surface area (Å²) in [5.41, 5.74) is -0.430. The van der Waals surface area contributed by atoms with Crippen LogP contribution >= 0.6 is 0 Å². The van der Waals surface area contributed by atoms with Crippen LogP contribution in [0.5, 0.6) is 5.75 Å². The van der Waals surface area contributed by atoms with Gasteiger partial charge >= 0.3 is 5.63 Å². The molecule has 1 aromatic heterocycles. The third-order valence-electron chi connectivity index (χ3n) is 3.13. The lowest BCUT2D eigenvalue weighted by molar-refractivity contribution is -0.123. The molecule has 2 atom stereocenters. The molecule has 4 nitrogen and oxygen atoms in total. The van der Waals surface area contributed by atoms with Crippen molar-refractivity contribution in [2.75, 3.05) is 0 Å². The van der Waals surface area contributed by atoms with Gasteiger partial charge in [0.25, 0.3) is 0 Å². The zero-order valence-corrected chi connectivity index (χ0v) is 10.6. The number of Topliss-reactive ketones (excluding diaryl/α,β-unsaturated/α-hetero) is 1. The molecule has 0 aliphatic heterocycles. The Bertz CT molecular complexity index is 473. The van der Waals surface area contributed by atoms with E-state index in [9.17, 15) is 14.7 Å². The van der Waals surface area contributed by atoms with Gasteiger partial charge in [-0.1, -0.05) is 13.8 Å². The largest absolute Gasteiger partial charge is 0.507 e. The molecule has 1 rings (SSSR count). The second-order valence-electron chi connectivity index (χ2n) is 4.38. The zero-order chi connectivity index (χ0) is 13.2. The SMILES string of the molecule is CC[C@H](C)C(=O)[C@@H](C)c1cc(O)c(C)c(=O)o1. The van der Waals surface area contributed by atoms with Crippen LogP contribution in [0.2, 0.25) is 0 Å². The first kappa shape index (κ1) is 13.5. The summed E-state index contributed by atoms with van der Waals surface area (Å²) in [6.45, 7) is 6.93. The summed E-state index contributed by atoms with van der Waals surface area (Å²) in [5.74, 6) is -0.481. The Balaban J connectivity index is 3.09. The zero-order valence-electron chi connectivity index (χ0n) is 10.6. The fourth-order valence-electron chi connectivity index (χ4n) is 1.54. The molecule has 94 valence electrons. The van der Waals surface area contributed by atoms with Crippen LogP contribution in [0.25, 0.3) is 0 Å². The van der Waals surface area contributed by atoms with Crippen molar-refractivity contribution in [3.63, 3.8) is 0 Å². The quantitative estimate of drug-likeness (QED) is 0.874. The summed E-state index contributed by atoms with van der Waals surface area (Å²) in [6.07, 6.45) is 0.741. The highest BCUT2D eigenvalue weighted by atomic mass is 16.4. The van der Waals surface area contributed by atoms with Gasteiger partial charge in [0.1, 0.15) is 17.3 Å². The van der Waals surface area contributed by atoms with Gasteiger partial charge in [0.15, 0.2) is 0 Å². The van der Waals surface area contributed by atoms with E-state index in [1.165, 1.54) is 13.0 Å². The van der Waals surface area contributed by atoms with Crippen molar-refractivity contribution >= 4 is 5.78 Å². The predicted octanol–water partition coefficient (Wildman–Crippen LogP) is 2.37. The van der Waals surface area contributed by atoms with Crippen LogP contribution in [-0.4, -0.2) is 10.9 Å². The van der Waals surface area contributed by atoms with Gasteiger partial charge < -0.3 is 9.52 Å². The van der Waals surface area contributed by atoms with E-state index < -0.39 is 11.5 Å². The van der Waals surface area contributed by atoms with E-state index in [0.29, 0.717) is 0 Å². The molecule has 1 N–H and O–H groups in total. The van der Waals surface area contributed by atoms with Gasteiger partial charge in [-0.2, -0.15) is 0 Å². The van der Waals surface area contributed by atoms with Gasteiger partial charge in [-0.15, -0.1) is 0 Å². The van der Waals surface area contributed by atoms with E-state index >= 15 is 0 Å². The Labute approximate surface area is 100 Å². The maximum Gasteiger partial charge on any atom is 0.342 e. The van der Waals surface area contributed by atoms with E-state index in [1.54, 1.807) is 6.92 Å². The molecule has 0 aliphatic carbocycles. The highest BCUT2D eigenvalue weighted by Gasteiger charge is 2.23. The number of hydrogen-bond acceptors (Lipinski definition) is 4. The number of rotatable bonds is 4. The van der Waals surface area contributed by atoms with Gasteiger partial charge in [-0.05, 0) is 20.3 Å². The molecule has 0 fully saturated rings. The Morgan fingerprint density at radius 1 is 1.47 bits per heavy atom. The summed E-state index contributed by atoms with van der Waals surface area (Å²) < 4.78 is 5.03. The second-order valence-corrected chi connectivity index (χ2v) is 4.38. The van der Waals surface area contributed by atoms with E-state index in [0.717, 1.165) is 6.42 Å². The molecule has 0 unspecified atom stereocenters. The van der Waals surface area contributed by atoms with Crippen molar-refractivity contribution in [2.45, 2.75) is 40.0 Å². The molecule has 0 spiro atoms. The summed E-state index contributed by atoms with van der Waals surface area (Å²) >= 11 is 0. The fourth-order valence-corrected chi connectivity index (χ4v) is 1.54. The smallest absolute Gasteiger partial charge is 0.342 e. The fraction of sp³-hybridized carbons (Fsp3) is 0.538. The first-order valence-corrected chi connectivity index (χ1v) is 5.75. The Hall–Kier alpha value is -1.58. The number of aromatic hydroxyl groups is 1. The molecule has 0 bridgehead atoms. The van der Waals surface area contributed by atoms with Gasteiger partial charge in [-0.25, -0.2) is 4.79 Å². The summed E-state index contributed by atoms with van der Waals surface area (Å²) in [4.78, 5) is 23.3. The van der Waals surface area contributed by atoms with E-state index in [4.69, 9.17) is 4.42 Å². The molecule has 0 aliphatic rings.